The Kier molecular flexibility index (Phi) is 8.73. The number of hydrogen-bond donors (Lipinski definition) is 1. The number of rotatable bonds is 9. The van der Waals surface area contributed by atoms with Gasteiger partial charge in [0.2, 0.25) is 5.88 Å². The fourth-order valence-corrected chi connectivity index (χ4v) is 5.02. The first-order valence-electron chi connectivity index (χ1n) is 12.9. The minimum atomic E-state index is -4.80. The molecule has 0 atom stereocenters. The molecule has 1 saturated carbocycles. The first-order valence-corrected chi connectivity index (χ1v) is 12.9. The quantitative estimate of drug-likeness (QED) is 0.333. The minimum absolute atomic E-state index is 0.0192. The Bertz CT molecular complexity index is 1050. The number of alkyl halides is 3. The lowest BCUT2D eigenvalue weighted by atomic mass is 9.92. The van der Waals surface area contributed by atoms with Crippen molar-refractivity contribution in [1.82, 2.24) is 9.88 Å². The van der Waals surface area contributed by atoms with E-state index in [1.807, 2.05) is 12.1 Å². The van der Waals surface area contributed by atoms with Gasteiger partial charge in [-0.15, -0.1) is 0 Å². The highest BCUT2D eigenvalue weighted by atomic mass is 19.4. The molecule has 0 spiro atoms. The van der Waals surface area contributed by atoms with Crippen LogP contribution in [0.5, 0.6) is 5.88 Å². The number of hydrogen-bond acceptors (Lipinski definition) is 7. The molecular formula is C26H34F3N5O3. The molecule has 0 amide bonds. The number of benzene rings is 1. The second-order valence-electron chi connectivity index (χ2n) is 9.76. The Morgan fingerprint density at radius 3 is 2.49 bits per heavy atom. The molecule has 1 aliphatic heterocycles. The van der Waals surface area contributed by atoms with Crippen molar-refractivity contribution in [3.63, 3.8) is 0 Å². The van der Waals surface area contributed by atoms with Gasteiger partial charge in [-0.25, -0.2) is 4.98 Å². The number of nitro groups is 1. The van der Waals surface area contributed by atoms with Gasteiger partial charge in [-0.05, 0) is 56.8 Å². The Labute approximate surface area is 215 Å². The van der Waals surface area contributed by atoms with Crippen LogP contribution >= 0.6 is 0 Å². The number of anilines is 2. The maximum atomic E-state index is 13.3. The smallest absolute Gasteiger partial charge is 0.423 e. The van der Waals surface area contributed by atoms with Crippen LogP contribution in [0.15, 0.2) is 36.5 Å². The van der Waals surface area contributed by atoms with Crippen LogP contribution in [0.1, 0.15) is 51.0 Å². The van der Waals surface area contributed by atoms with Gasteiger partial charge in [-0.3, -0.25) is 15.0 Å². The van der Waals surface area contributed by atoms with Crippen LogP contribution in [-0.2, 0) is 6.18 Å². The van der Waals surface area contributed by atoms with E-state index in [2.05, 4.69) is 27.0 Å². The van der Waals surface area contributed by atoms with E-state index < -0.39 is 22.4 Å². The zero-order valence-electron chi connectivity index (χ0n) is 21.0. The third-order valence-electron chi connectivity index (χ3n) is 7.11. The summed E-state index contributed by atoms with van der Waals surface area (Å²) in [6, 6.07) is 7.01. The molecule has 0 unspecified atom stereocenters. The summed E-state index contributed by atoms with van der Waals surface area (Å²) < 4.78 is 46.0. The van der Waals surface area contributed by atoms with Crippen LogP contribution in [0.2, 0.25) is 0 Å². The maximum Gasteiger partial charge on any atom is 0.423 e. The van der Waals surface area contributed by atoms with Crippen LogP contribution in [0.3, 0.4) is 0 Å². The number of nitrogens with zero attached hydrogens (tertiary/aromatic N) is 4. The lowest BCUT2D eigenvalue weighted by Crippen LogP contribution is -2.46. The van der Waals surface area contributed by atoms with Gasteiger partial charge in [0, 0.05) is 61.9 Å². The minimum Gasteiger partial charge on any atom is -0.474 e. The number of pyridine rings is 1. The summed E-state index contributed by atoms with van der Waals surface area (Å²) in [5, 5.41) is 14.1. The third kappa shape index (κ3) is 7.24. The second kappa shape index (κ2) is 12.0. The molecule has 4 rings (SSSR count). The van der Waals surface area contributed by atoms with E-state index in [0.717, 1.165) is 63.4 Å². The zero-order chi connectivity index (χ0) is 26.4. The largest absolute Gasteiger partial charge is 0.474 e. The van der Waals surface area contributed by atoms with Gasteiger partial charge in [0.25, 0.3) is 5.69 Å². The summed E-state index contributed by atoms with van der Waals surface area (Å²) in [5.74, 6) is 0.590. The van der Waals surface area contributed by atoms with E-state index in [0.29, 0.717) is 18.7 Å². The highest BCUT2D eigenvalue weighted by Crippen LogP contribution is 2.38. The molecule has 0 radical (unpaired) electrons. The molecule has 202 valence electrons. The van der Waals surface area contributed by atoms with Gasteiger partial charge in [-0.2, -0.15) is 13.2 Å². The zero-order valence-corrected chi connectivity index (χ0v) is 21.0. The molecule has 0 bridgehead atoms. The summed E-state index contributed by atoms with van der Waals surface area (Å²) in [6.07, 6.45) is 2.29. The molecule has 2 heterocycles. The highest BCUT2D eigenvalue weighted by Gasteiger charge is 2.38. The fraction of sp³-hybridized carbons (Fsp3) is 0.577. The number of aromatic nitrogens is 1. The van der Waals surface area contributed by atoms with E-state index in [1.54, 1.807) is 6.20 Å². The van der Waals surface area contributed by atoms with Crippen molar-refractivity contribution in [2.24, 2.45) is 0 Å². The van der Waals surface area contributed by atoms with Crippen molar-refractivity contribution in [2.75, 3.05) is 42.9 Å². The Hall–Kier alpha value is -3.08. The van der Waals surface area contributed by atoms with Crippen LogP contribution < -0.4 is 15.0 Å². The average molecular weight is 522 g/mol. The molecule has 1 aliphatic carbocycles. The molecular weight excluding hydrogens is 487 g/mol. The van der Waals surface area contributed by atoms with E-state index in [4.69, 9.17) is 4.74 Å². The molecule has 11 heteroatoms. The standard InChI is InChI=1S/C26H34F3N5O3/c1-2-3-12-32-13-15-33(16-14-32)21-10-11-30-25(18-21)37-22-7-4-19(5-8-22)31-20-6-9-24(34(35)36)23(17-20)26(27,28)29/h6,9-11,17-19,22,31H,2-5,7-8,12-16H2,1H3. The lowest BCUT2D eigenvalue weighted by Gasteiger charge is -2.36. The predicted octanol–water partition coefficient (Wildman–Crippen LogP) is 5.73. The topological polar surface area (TPSA) is 83.8 Å². The first kappa shape index (κ1) is 27.0. The SMILES string of the molecule is CCCCN1CCN(c2ccnc(OC3CCC(Nc4ccc([N+](=O)[O-])c(C(F)(F)F)c4)CC3)c2)CC1. The first-order chi connectivity index (χ1) is 17.7. The Balaban J connectivity index is 1.28. The molecule has 37 heavy (non-hydrogen) atoms. The number of halogens is 3. The number of ether oxygens (including phenoxy) is 1. The number of piperazine rings is 1. The Morgan fingerprint density at radius 1 is 1.11 bits per heavy atom. The maximum absolute atomic E-state index is 13.3. The number of unbranched alkanes of at least 4 members (excludes halogenated alkanes) is 1. The van der Waals surface area contributed by atoms with Crippen molar-refractivity contribution in [3.05, 3.63) is 52.2 Å². The van der Waals surface area contributed by atoms with E-state index in [-0.39, 0.29) is 17.8 Å². The van der Waals surface area contributed by atoms with Gasteiger partial charge >= 0.3 is 6.18 Å². The molecule has 1 N–H and O–H groups in total. The molecule has 8 nitrogen and oxygen atoms in total. The van der Waals surface area contributed by atoms with Crippen molar-refractivity contribution >= 4 is 17.1 Å². The van der Waals surface area contributed by atoms with Crippen LogP contribution in [0.25, 0.3) is 0 Å². The molecule has 2 fully saturated rings. The Morgan fingerprint density at radius 2 is 1.84 bits per heavy atom. The highest BCUT2D eigenvalue weighted by molar-refractivity contribution is 5.55. The van der Waals surface area contributed by atoms with Crippen molar-refractivity contribution in [2.45, 2.75) is 63.8 Å². The van der Waals surface area contributed by atoms with Gasteiger partial charge in [-0.1, -0.05) is 13.3 Å². The summed E-state index contributed by atoms with van der Waals surface area (Å²) >= 11 is 0. The molecule has 1 aromatic carbocycles. The van der Waals surface area contributed by atoms with Crippen molar-refractivity contribution < 1.29 is 22.8 Å². The summed E-state index contributed by atoms with van der Waals surface area (Å²) in [5.41, 5.74) is -0.850. The monoisotopic (exact) mass is 521 g/mol. The van der Waals surface area contributed by atoms with E-state index in [1.165, 1.54) is 18.9 Å². The second-order valence-corrected chi connectivity index (χ2v) is 9.76. The normalized spacial score (nSPS) is 21.0. The average Bonchev–Trinajstić information content (AvgIpc) is 2.88. The summed E-state index contributed by atoms with van der Waals surface area (Å²) in [7, 11) is 0. The summed E-state index contributed by atoms with van der Waals surface area (Å²) in [4.78, 5) is 19.2. The van der Waals surface area contributed by atoms with Crippen LogP contribution in [0, 0.1) is 10.1 Å². The van der Waals surface area contributed by atoms with Crippen molar-refractivity contribution in [3.8, 4) is 5.88 Å². The fourth-order valence-electron chi connectivity index (χ4n) is 5.02. The number of nitrogens with one attached hydrogen (secondary N) is 1. The third-order valence-corrected chi connectivity index (χ3v) is 7.11. The predicted molar refractivity (Wildman–Crippen MR) is 136 cm³/mol. The van der Waals surface area contributed by atoms with Gasteiger partial charge in [0.1, 0.15) is 11.7 Å². The number of nitro benzene ring substituents is 1. The molecule has 2 aromatic rings. The summed E-state index contributed by atoms with van der Waals surface area (Å²) in [6.45, 7) is 7.42. The van der Waals surface area contributed by atoms with Crippen molar-refractivity contribution in [1.29, 1.82) is 0 Å². The lowest BCUT2D eigenvalue weighted by molar-refractivity contribution is -0.388. The van der Waals surface area contributed by atoms with Crippen LogP contribution in [-0.4, -0.2) is 59.7 Å². The van der Waals surface area contributed by atoms with Gasteiger partial charge in [0.15, 0.2) is 0 Å². The van der Waals surface area contributed by atoms with Gasteiger partial charge in [0.05, 0.1) is 4.92 Å². The molecule has 1 saturated heterocycles. The molecule has 1 aromatic heterocycles. The van der Waals surface area contributed by atoms with Crippen LogP contribution in [0.4, 0.5) is 30.2 Å². The van der Waals surface area contributed by atoms with E-state index in [9.17, 15) is 23.3 Å². The molecule has 2 aliphatic rings. The van der Waals surface area contributed by atoms with E-state index >= 15 is 0 Å². The van der Waals surface area contributed by atoms with Gasteiger partial charge < -0.3 is 15.0 Å².